The maximum absolute atomic E-state index is 12.9. The molecule has 0 aliphatic carbocycles. The number of halogens is 2. The summed E-state index contributed by atoms with van der Waals surface area (Å²) in [5.74, 6) is -0.938. The molecule has 0 aliphatic rings. The number of rotatable bonds is 3. The predicted molar refractivity (Wildman–Crippen MR) is 108 cm³/mol. The SMILES string of the molecule is O=C(c1cccs1)c1c(O)n(C(=O)Nc2cncnc2)c2cc(Cl)c(Cl)cc12. The van der Waals surface area contributed by atoms with E-state index in [1.54, 1.807) is 17.5 Å². The van der Waals surface area contributed by atoms with Crippen molar-refractivity contribution in [1.82, 2.24) is 14.5 Å². The molecule has 0 fully saturated rings. The third kappa shape index (κ3) is 3.11. The summed E-state index contributed by atoms with van der Waals surface area (Å²) in [6.45, 7) is 0. The molecule has 0 radical (unpaired) electrons. The van der Waals surface area contributed by atoms with Crippen LogP contribution in [0.4, 0.5) is 10.5 Å². The zero-order valence-electron chi connectivity index (χ0n) is 13.9. The van der Waals surface area contributed by atoms with E-state index < -0.39 is 17.7 Å². The minimum Gasteiger partial charge on any atom is -0.494 e. The zero-order valence-corrected chi connectivity index (χ0v) is 16.2. The predicted octanol–water partition coefficient (Wildman–Crippen LogP) is 4.82. The quantitative estimate of drug-likeness (QED) is 0.452. The third-order valence-electron chi connectivity index (χ3n) is 3.97. The van der Waals surface area contributed by atoms with Crippen molar-refractivity contribution in [1.29, 1.82) is 0 Å². The fourth-order valence-corrected chi connectivity index (χ4v) is 3.76. The van der Waals surface area contributed by atoms with E-state index in [2.05, 4.69) is 15.3 Å². The number of benzene rings is 1. The number of anilines is 1. The highest BCUT2D eigenvalue weighted by Gasteiger charge is 2.28. The number of nitrogens with one attached hydrogen (secondary N) is 1. The van der Waals surface area contributed by atoms with Gasteiger partial charge in [0.1, 0.15) is 6.33 Å². The number of nitrogens with zero attached hydrogens (tertiary/aromatic N) is 3. The van der Waals surface area contributed by atoms with E-state index in [1.165, 1.54) is 42.2 Å². The minimum atomic E-state index is -0.707. The Bertz CT molecular complexity index is 1210. The van der Waals surface area contributed by atoms with E-state index in [0.717, 1.165) is 4.57 Å². The highest BCUT2D eigenvalue weighted by atomic mass is 35.5. The number of carbonyl (C=O) groups is 2. The van der Waals surface area contributed by atoms with Gasteiger partial charge in [-0.1, -0.05) is 29.3 Å². The summed E-state index contributed by atoms with van der Waals surface area (Å²) in [4.78, 5) is 33.8. The van der Waals surface area contributed by atoms with Crippen LogP contribution in [0.3, 0.4) is 0 Å². The van der Waals surface area contributed by atoms with Crippen LogP contribution in [0.15, 0.2) is 48.4 Å². The maximum atomic E-state index is 12.9. The number of hydrogen-bond acceptors (Lipinski definition) is 6. The van der Waals surface area contributed by atoms with E-state index in [4.69, 9.17) is 23.2 Å². The molecule has 0 unspecified atom stereocenters. The van der Waals surface area contributed by atoms with Crippen LogP contribution in [0.5, 0.6) is 5.88 Å². The van der Waals surface area contributed by atoms with Gasteiger partial charge in [0, 0.05) is 5.39 Å². The second kappa shape index (κ2) is 7.23. The number of ketones is 1. The highest BCUT2D eigenvalue weighted by molar-refractivity contribution is 7.12. The lowest BCUT2D eigenvalue weighted by Crippen LogP contribution is -2.19. The Morgan fingerprint density at radius 2 is 1.86 bits per heavy atom. The van der Waals surface area contributed by atoms with Gasteiger partial charge in [-0.2, -0.15) is 0 Å². The molecule has 4 rings (SSSR count). The lowest BCUT2D eigenvalue weighted by atomic mass is 10.1. The molecule has 28 heavy (non-hydrogen) atoms. The van der Waals surface area contributed by atoms with Gasteiger partial charge in [-0.3, -0.25) is 4.79 Å². The Morgan fingerprint density at radius 1 is 1.14 bits per heavy atom. The van der Waals surface area contributed by atoms with Gasteiger partial charge >= 0.3 is 6.03 Å². The summed E-state index contributed by atoms with van der Waals surface area (Å²) < 4.78 is 0.964. The van der Waals surface area contributed by atoms with E-state index in [1.807, 2.05) is 0 Å². The summed E-state index contributed by atoms with van der Waals surface area (Å²) >= 11 is 13.4. The average Bonchev–Trinajstić information content (AvgIpc) is 3.29. The number of hydrogen-bond donors (Lipinski definition) is 2. The first kappa shape index (κ1) is 18.4. The van der Waals surface area contributed by atoms with Crippen LogP contribution in [0, 0.1) is 0 Å². The van der Waals surface area contributed by atoms with Crippen molar-refractivity contribution in [2.75, 3.05) is 5.32 Å². The van der Waals surface area contributed by atoms with Gasteiger partial charge in [0.25, 0.3) is 0 Å². The fourth-order valence-electron chi connectivity index (χ4n) is 2.77. The second-order valence-corrected chi connectivity index (χ2v) is 7.44. The molecular formula is C18H10Cl2N4O3S. The smallest absolute Gasteiger partial charge is 0.333 e. The molecule has 140 valence electrons. The van der Waals surface area contributed by atoms with Crippen molar-refractivity contribution < 1.29 is 14.7 Å². The van der Waals surface area contributed by atoms with Crippen LogP contribution < -0.4 is 5.32 Å². The Kier molecular flexibility index (Phi) is 4.76. The Labute approximate surface area is 172 Å². The molecule has 0 aliphatic heterocycles. The Hall–Kier alpha value is -2.94. The Balaban J connectivity index is 1.91. The van der Waals surface area contributed by atoms with Crippen LogP contribution in [0.2, 0.25) is 10.0 Å². The molecular weight excluding hydrogens is 423 g/mol. The largest absolute Gasteiger partial charge is 0.494 e. The van der Waals surface area contributed by atoms with E-state index in [9.17, 15) is 14.7 Å². The number of carbonyl (C=O) groups excluding carboxylic acids is 2. The Morgan fingerprint density at radius 3 is 2.54 bits per heavy atom. The van der Waals surface area contributed by atoms with Crippen molar-refractivity contribution in [3.05, 3.63) is 68.9 Å². The second-order valence-electron chi connectivity index (χ2n) is 5.68. The van der Waals surface area contributed by atoms with Crippen molar-refractivity contribution in [3.63, 3.8) is 0 Å². The maximum Gasteiger partial charge on any atom is 0.333 e. The number of aromatic hydroxyl groups is 1. The van der Waals surface area contributed by atoms with Crippen LogP contribution >= 0.6 is 34.5 Å². The van der Waals surface area contributed by atoms with Crippen molar-refractivity contribution in [2.45, 2.75) is 0 Å². The summed E-state index contributed by atoms with van der Waals surface area (Å²) in [6.07, 6.45) is 4.11. The van der Waals surface area contributed by atoms with Gasteiger partial charge in [0.05, 0.1) is 44.1 Å². The van der Waals surface area contributed by atoms with Gasteiger partial charge in [-0.15, -0.1) is 11.3 Å². The highest BCUT2D eigenvalue weighted by Crippen LogP contribution is 2.38. The van der Waals surface area contributed by atoms with Crippen LogP contribution in [-0.4, -0.2) is 31.5 Å². The molecule has 0 saturated heterocycles. The first-order valence-electron chi connectivity index (χ1n) is 7.84. The topological polar surface area (TPSA) is 97.1 Å². The minimum absolute atomic E-state index is 0.0320. The number of thiophene rings is 1. The van der Waals surface area contributed by atoms with Gasteiger partial charge in [-0.25, -0.2) is 19.3 Å². The molecule has 3 aromatic heterocycles. The lowest BCUT2D eigenvalue weighted by molar-refractivity contribution is 0.104. The summed E-state index contributed by atoms with van der Waals surface area (Å²) in [5.41, 5.74) is 0.525. The van der Waals surface area contributed by atoms with Crippen molar-refractivity contribution in [3.8, 4) is 5.88 Å². The van der Waals surface area contributed by atoms with Gasteiger partial charge in [0.15, 0.2) is 0 Å². The lowest BCUT2D eigenvalue weighted by Gasteiger charge is -2.08. The van der Waals surface area contributed by atoms with Gasteiger partial charge < -0.3 is 10.4 Å². The molecule has 0 saturated carbocycles. The zero-order chi connectivity index (χ0) is 19.8. The van der Waals surface area contributed by atoms with Crippen LogP contribution in [0.1, 0.15) is 15.2 Å². The van der Waals surface area contributed by atoms with E-state index in [-0.39, 0.29) is 21.1 Å². The third-order valence-corrected chi connectivity index (χ3v) is 5.56. The van der Waals surface area contributed by atoms with Crippen LogP contribution in [-0.2, 0) is 0 Å². The summed E-state index contributed by atoms with van der Waals surface area (Å²) in [5, 5.41) is 15.8. The number of aromatic nitrogens is 3. The summed E-state index contributed by atoms with van der Waals surface area (Å²) in [6, 6.07) is 5.52. The normalized spacial score (nSPS) is 10.9. The molecule has 10 heteroatoms. The summed E-state index contributed by atoms with van der Waals surface area (Å²) in [7, 11) is 0. The standard InChI is InChI=1S/C18H10Cl2N4O3S/c19-11-4-10-13(5-12(11)20)24(18(27)23-9-6-21-8-22-7-9)17(26)15(10)16(25)14-2-1-3-28-14/h1-8,26H,(H,23,27). The van der Waals surface area contributed by atoms with Gasteiger partial charge in [0.2, 0.25) is 11.7 Å². The molecule has 1 aromatic carbocycles. The molecule has 2 N–H and O–H groups in total. The fraction of sp³-hybridized carbons (Fsp3) is 0. The average molecular weight is 433 g/mol. The molecule has 0 atom stereocenters. The monoisotopic (exact) mass is 432 g/mol. The van der Waals surface area contributed by atoms with Crippen molar-refractivity contribution >= 4 is 62.9 Å². The van der Waals surface area contributed by atoms with E-state index in [0.29, 0.717) is 16.0 Å². The molecule has 0 spiro atoms. The first-order chi connectivity index (χ1) is 13.5. The van der Waals surface area contributed by atoms with Crippen LogP contribution in [0.25, 0.3) is 10.9 Å². The molecule has 7 nitrogen and oxygen atoms in total. The molecule has 3 heterocycles. The molecule has 0 bridgehead atoms. The molecule has 1 amide bonds. The molecule has 4 aromatic rings. The first-order valence-corrected chi connectivity index (χ1v) is 9.48. The number of amides is 1. The van der Waals surface area contributed by atoms with E-state index >= 15 is 0 Å². The van der Waals surface area contributed by atoms with Crippen molar-refractivity contribution in [2.24, 2.45) is 0 Å². The number of fused-ring (bicyclic) bond motifs is 1. The van der Waals surface area contributed by atoms with Gasteiger partial charge in [-0.05, 0) is 23.6 Å².